The second kappa shape index (κ2) is 5.40. The molecule has 1 aliphatic heterocycles. The van der Waals surface area contributed by atoms with Crippen molar-refractivity contribution >= 4 is 28.5 Å². The molecule has 0 saturated carbocycles. The molecule has 20 heavy (non-hydrogen) atoms. The number of thiazole rings is 1. The van der Waals surface area contributed by atoms with Crippen LogP contribution >= 0.6 is 11.3 Å². The van der Waals surface area contributed by atoms with Crippen LogP contribution in [-0.4, -0.2) is 39.6 Å². The number of nitrogens with zero attached hydrogens (tertiary/aromatic N) is 2. The highest BCUT2D eigenvalue weighted by Crippen LogP contribution is 2.31. The molecule has 7 heteroatoms. The maximum Gasteiger partial charge on any atom is 0.323 e. The summed E-state index contributed by atoms with van der Waals surface area (Å²) in [5.74, 6) is -0.858. The second-order valence-electron chi connectivity index (χ2n) is 5.26. The highest BCUT2D eigenvalue weighted by atomic mass is 32.1. The molecule has 3 rings (SSSR count). The number of hydrogen-bond donors (Lipinski definition) is 2. The van der Waals surface area contributed by atoms with Gasteiger partial charge in [-0.15, -0.1) is 11.3 Å². The number of carboxylic acids is 1. The zero-order valence-corrected chi connectivity index (χ0v) is 11.9. The lowest BCUT2D eigenvalue weighted by molar-refractivity contribution is -0.137. The Hall–Kier alpha value is -1.63. The summed E-state index contributed by atoms with van der Waals surface area (Å²) >= 11 is 1.54. The number of carboxylic acid groups (broad SMARTS) is 1. The number of aliphatic carboxylic acids is 1. The van der Waals surface area contributed by atoms with Crippen LogP contribution in [-0.2, 0) is 17.6 Å². The quantitative estimate of drug-likeness (QED) is 0.894. The summed E-state index contributed by atoms with van der Waals surface area (Å²) in [6, 6.07) is -0.416. The van der Waals surface area contributed by atoms with Crippen LogP contribution in [0.2, 0.25) is 0 Å². The molecule has 1 unspecified atom stereocenters. The SMILES string of the molecule is O=C(O)CC1CCCN1C(=O)Nc1nc2c(s1)CCC2. The van der Waals surface area contributed by atoms with Gasteiger partial charge in [0.15, 0.2) is 5.13 Å². The van der Waals surface area contributed by atoms with Gasteiger partial charge in [-0.05, 0) is 32.1 Å². The van der Waals surface area contributed by atoms with Crippen molar-refractivity contribution in [1.29, 1.82) is 0 Å². The summed E-state index contributed by atoms with van der Waals surface area (Å²) < 4.78 is 0. The maximum absolute atomic E-state index is 12.2. The smallest absolute Gasteiger partial charge is 0.323 e. The van der Waals surface area contributed by atoms with Crippen LogP contribution in [0.15, 0.2) is 0 Å². The van der Waals surface area contributed by atoms with Gasteiger partial charge < -0.3 is 10.0 Å². The Morgan fingerprint density at radius 2 is 2.25 bits per heavy atom. The third-order valence-electron chi connectivity index (χ3n) is 3.86. The molecular weight excluding hydrogens is 278 g/mol. The van der Waals surface area contributed by atoms with Crippen molar-refractivity contribution in [2.45, 2.75) is 44.6 Å². The van der Waals surface area contributed by atoms with Crippen LogP contribution in [0.1, 0.15) is 36.3 Å². The van der Waals surface area contributed by atoms with Crippen molar-refractivity contribution in [3.05, 3.63) is 10.6 Å². The minimum Gasteiger partial charge on any atom is -0.481 e. The molecule has 1 aromatic heterocycles. The lowest BCUT2D eigenvalue weighted by atomic mass is 10.1. The highest BCUT2D eigenvalue weighted by Gasteiger charge is 2.31. The Balaban J connectivity index is 1.64. The van der Waals surface area contributed by atoms with E-state index >= 15 is 0 Å². The second-order valence-corrected chi connectivity index (χ2v) is 6.34. The van der Waals surface area contributed by atoms with Crippen LogP contribution in [0.5, 0.6) is 0 Å². The van der Waals surface area contributed by atoms with E-state index in [2.05, 4.69) is 10.3 Å². The van der Waals surface area contributed by atoms with Crippen molar-refractivity contribution in [1.82, 2.24) is 9.88 Å². The minimum absolute atomic E-state index is 0.0157. The molecule has 1 aliphatic carbocycles. The van der Waals surface area contributed by atoms with Gasteiger partial charge in [0.05, 0.1) is 12.1 Å². The molecule has 108 valence electrons. The van der Waals surface area contributed by atoms with Crippen molar-refractivity contribution in [2.24, 2.45) is 0 Å². The van der Waals surface area contributed by atoms with Crippen LogP contribution in [0, 0.1) is 0 Å². The molecule has 2 heterocycles. The van der Waals surface area contributed by atoms with Gasteiger partial charge in [-0.3, -0.25) is 10.1 Å². The number of urea groups is 1. The Bertz CT molecular complexity index is 521. The van der Waals surface area contributed by atoms with Crippen molar-refractivity contribution in [3.8, 4) is 0 Å². The number of nitrogens with one attached hydrogen (secondary N) is 1. The molecule has 2 N–H and O–H groups in total. The van der Waals surface area contributed by atoms with Gasteiger partial charge in [0.2, 0.25) is 0 Å². The first-order valence-electron chi connectivity index (χ1n) is 6.91. The van der Waals surface area contributed by atoms with Crippen LogP contribution in [0.4, 0.5) is 9.93 Å². The van der Waals surface area contributed by atoms with E-state index in [1.54, 1.807) is 4.90 Å². The van der Waals surface area contributed by atoms with Crippen LogP contribution < -0.4 is 5.32 Å². The predicted octanol–water partition coefficient (Wildman–Crippen LogP) is 2.10. The van der Waals surface area contributed by atoms with Gasteiger partial charge in [0.1, 0.15) is 0 Å². The first-order chi connectivity index (χ1) is 9.63. The predicted molar refractivity (Wildman–Crippen MR) is 75.1 cm³/mol. The van der Waals surface area contributed by atoms with Crippen molar-refractivity contribution in [2.75, 3.05) is 11.9 Å². The summed E-state index contributed by atoms with van der Waals surface area (Å²) in [6.45, 7) is 0.620. The highest BCUT2D eigenvalue weighted by molar-refractivity contribution is 7.15. The molecule has 2 aliphatic rings. The zero-order chi connectivity index (χ0) is 14.1. The third kappa shape index (κ3) is 2.63. The number of aryl methyl sites for hydroxylation is 2. The van der Waals surface area contributed by atoms with Crippen molar-refractivity contribution < 1.29 is 14.7 Å². The Morgan fingerprint density at radius 3 is 3.00 bits per heavy atom. The van der Waals surface area contributed by atoms with Gasteiger partial charge in [-0.2, -0.15) is 0 Å². The molecule has 6 nitrogen and oxygen atoms in total. The number of anilines is 1. The van der Waals surface area contributed by atoms with E-state index in [4.69, 9.17) is 5.11 Å². The monoisotopic (exact) mass is 295 g/mol. The molecule has 1 aromatic rings. The number of carbonyl (C=O) groups is 2. The summed E-state index contributed by atoms with van der Waals surface area (Å²) in [5.41, 5.74) is 1.11. The van der Waals surface area contributed by atoms with E-state index in [1.165, 1.54) is 16.2 Å². The first kappa shape index (κ1) is 13.4. The van der Waals surface area contributed by atoms with E-state index < -0.39 is 5.97 Å². The lowest BCUT2D eigenvalue weighted by Gasteiger charge is -2.23. The third-order valence-corrected chi connectivity index (χ3v) is 4.93. The van der Waals surface area contributed by atoms with Crippen molar-refractivity contribution in [3.63, 3.8) is 0 Å². The standard InChI is InChI=1S/C13H17N3O3S/c17-11(18)7-8-3-2-6-16(8)13(19)15-12-14-9-4-1-5-10(9)20-12/h8H,1-7H2,(H,17,18)(H,14,15,19). The van der Waals surface area contributed by atoms with Gasteiger partial charge in [0.25, 0.3) is 0 Å². The van der Waals surface area contributed by atoms with E-state index in [-0.39, 0.29) is 18.5 Å². The fourth-order valence-electron chi connectivity index (χ4n) is 2.92. The minimum atomic E-state index is -0.858. The average molecular weight is 295 g/mol. The lowest BCUT2D eigenvalue weighted by Crippen LogP contribution is -2.39. The molecule has 0 spiro atoms. The van der Waals surface area contributed by atoms with Gasteiger partial charge in [0, 0.05) is 17.5 Å². The molecule has 0 radical (unpaired) electrons. The molecule has 1 fully saturated rings. The van der Waals surface area contributed by atoms with E-state index in [0.717, 1.165) is 37.8 Å². The van der Waals surface area contributed by atoms with Gasteiger partial charge in [-0.25, -0.2) is 9.78 Å². The largest absolute Gasteiger partial charge is 0.481 e. The number of rotatable bonds is 3. The normalized spacial score (nSPS) is 21.0. The van der Waals surface area contributed by atoms with E-state index in [9.17, 15) is 9.59 Å². The maximum atomic E-state index is 12.2. The molecular formula is C13H17N3O3S. The zero-order valence-electron chi connectivity index (χ0n) is 11.1. The molecule has 1 atom stereocenters. The van der Waals surface area contributed by atoms with Gasteiger partial charge >= 0.3 is 12.0 Å². The number of aromatic nitrogens is 1. The fraction of sp³-hybridized carbons (Fsp3) is 0.615. The summed E-state index contributed by atoms with van der Waals surface area (Å²) in [7, 11) is 0. The summed E-state index contributed by atoms with van der Waals surface area (Å²) in [5, 5.41) is 12.3. The summed E-state index contributed by atoms with van der Waals surface area (Å²) in [4.78, 5) is 30.4. The first-order valence-corrected chi connectivity index (χ1v) is 7.73. The van der Waals surface area contributed by atoms with E-state index in [0.29, 0.717) is 11.7 Å². The molecule has 2 amide bonds. The van der Waals surface area contributed by atoms with Crippen LogP contribution in [0.25, 0.3) is 0 Å². The molecule has 0 aromatic carbocycles. The molecule has 0 bridgehead atoms. The number of likely N-dealkylation sites (tertiary alicyclic amines) is 1. The van der Waals surface area contributed by atoms with Crippen LogP contribution in [0.3, 0.4) is 0 Å². The van der Waals surface area contributed by atoms with E-state index in [1.807, 2.05) is 0 Å². The number of amides is 2. The Morgan fingerprint density at radius 1 is 1.40 bits per heavy atom. The average Bonchev–Trinajstić information content (AvgIpc) is 3.02. The fourth-order valence-corrected chi connectivity index (χ4v) is 3.96. The number of carbonyl (C=O) groups excluding carboxylic acids is 1. The molecule has 1 saturated heterocycles. The number of hydrogen-bond acceptors (Lipinski definition) is 4. The van der Waals surface area contributed by atoms with Gasteiger partial charge in [-0.1, -0.05) is 0 Å². The summed E-state index contributed by atoms with van der Waals surface area (Å²) in [6.07, 6.45) is 4.83. The Labute approximate surface area is 120 Å². The Kier molecular flexibility index (Phi) is 3.60. The number of fused-ring (bicyclic) bond motifs is 1. The topological polar surface area (TPSA) is 82.5 Å².